The van der Waals surface area contributed by atoms with E-state index in [1.54, 1.807) is 6.07 Å². The van der Waals surface area contributed by atoms with Crippen molar-refractivity contribution in [2.24, 2.45) is 5.16 Å². The van der Waals surface area contributed by atoms with Gasteiger partial charge in [0.05, 0.1) is 43.0 Å². The number of carbonyl (C=O) groups is 1. The number of nitrogens with one attached hydrogen (secondary N) is 2. The molecule has 0 aromatic heterocycles. The van der Waals surface area contributed by atoms with Crippen molar-refractivity contribution in [2.45, 2.75) is 13.3 Å². The number of rotatable bonds is 11. The van der Waals surface area contributed by atoms with Crippen LogP contribution in [0, 0.1) is 17.5 Å². The zero-order valence-electron chi connectivity index (χ0n) is 16.6. The van der Waals surface area contributed by atoms with E-state index in [0.29, 0.717) is 12.0 Å². The first-order chi connectivity index (χ1) is 14.9. The number of aliphatic hydroxyl groups is 2. The van der Waals surface area contributed by atoms with Crippen LogP contribution in [0.4, 0.5) is 24.5 Å². The molecule has 31 heavy (non-hydrogen) atoms. The third-order valence-electron chi connectivity index (χ3n) is 3.99. The average Bonchev–Trinajstić information content (AvgIpc) is 2.76. The zero-order valence-corrected chi connectivity index (χ0v) is 16.6. The lowest BCUT2D eigenvalue weighted by atomic mass is 10.1. The summed E-state index contributed by atoms with van der Waals surface area (Å²) < 4.78 is 43.8. The molecule has 0 heterocycles. The second-order valence-electron chi connectivity index (χ2n) is 6.10. The number of amides is 1. The van der Waals surface area contributed by atoms with Crippen molar-refractivity contribution >= 4 is 23.5 Å². The first kappa shape index (κ1) is 24.1. The SMILES string of the molecule is CCc1ccc(Nc2c(C(=O)NOCCO)cc(/C=N/OCCO)c(F)c2F)c(F)c1. The number of hydrogen-bond acceptors (Lipinski definition) is 7. The monoisotopic (exact) mass is 441 g/mol. The molecule has 0 saturated heterocycles. The van der Waals surface area contributed by atoms with E-state index in [2.05, 4.69) is 15.3 Å². The minimum absolute atomic E-state index is 0.171. The van der Waals surface area contributed by atoms with Crippen LogP contribution in [0.5, 0.6) is 0 Å². The van der Waals surface area contributed by atoms with Crippen molar-refractivity contribution in [1.82, 2.24) is 5.48 Å². The van der Waals surface area contributed by atoms with Gasteiger partial charge in [-0.15, -0.1) is 0 Å². The van der Waals surface area contributed by atoms with Crippen molar-refractivity contribution in [3.63, 3.8) is 0 Å². The highest BCUT2D eigenvalue weighted by molar-refractivity contribution is 6.01. The molecule has 0 fully saturated rings. The largest absolute Gasteiger partial charge is 0.394 e. The smallest absolute Gasteiger partial charge is 0.277 e. The maximum absolute atomic E-state index is 14.8. The summed E-state index contributed by atoms with van der Waals surface area (Å²) in [6, 6.07) is 5.14. The summed E-state index contributed by atoms with van der Waals surface area (Å²) in [5.41, 5.74) is 1.02. The summed E-state index contributed by atoms with van der Waals surface area (Å²) in [4.78, 5) is 21.8. The molecular weight excluding hydrogens is 419 g/mol. The van der Waals surface area contributed by atoms with E-state index in [1.807, 2.05) is 12.4 Å². The van der Waals surface area contributed by atoms with Gasteiger partial charge in [0.25, 0.3) is 5.91 Å². The minimum atomic E-state index is -1.46. The normalized spacial score (nSPS) is 11.0. The van der Waals surface area contributed by atoms with Crippen molar-refractivity contribution in [3.05, 3.63) is 58.4 Å². The molecular formula is C20H22F3N3O5. The van der Waals surface area contributed by atoms with Crippen LogP contribution in [-0.4, -0.2) is 48.8 Å². The van der Waals surface area contributed by atoms with Gasteiger partial charge >= 0.3 is 0 Å². The fourth-order valence-electron chi connectivity index (χ4n) is 2.46. The van der Waals surface area contributed by atoms with Crippen LogP contribution in [-0.2, 0) is 16.1 Å². The van der Waals surface area contributed by atoms with Crippen LogP contribution in [0.3, 0.4) is 0 Å². The Morgan fingerprint density at radius 2 is 1.87 bits per heavy atom. The Hall–Kier alpha value is -3.15. The standard InChI is InChI=1S/C20H22F3N3O5/c1-2-12-3-4-16(15(21)9-12)25-19-14(20(29)26-31-8-6-28)10-13(17(22)18(19)23)11-24-30-7-5-27/h3-4,9-11,25,27-28H,2,5-8H2,1H3,(H,26,29)/b24-11+. The van der Waals surface area contributed by atoms with Crippen LogP contribution < -0.4 is 10.8 Å². The number of oxime groups is 1. The van der Waals surface area contributed by atoms with Crippen molar-refractivity contribution in [3.8, 4) is 0 Å². The van der Waals surface area contributed by atoms with E-state index >= 15 is 0 Å². The second kappa shape index (κ2) is 11.9. The third-order valence-corrected chi connectivity index (χ3v) is 3.99. The fourth-order valence-corrected chi connectivity index (χ4v) is 2.46. The van der Waals surface area contributed by atoms with Gasteiger partial charge in [0, 0.05) is 5.56 Å². The number of aliphatic hydroxyl groups excluding tert-OH is 2. The summed E-state index contributed by atoms with van der Waals surface area (Å²) in [6.07, 6.45) is 1.39. The molecule has 0 spiro atoms. The number of hydrogen-bond donors (Lipinski definition) is 4. The minimum Gasteiger partial charge on any atom is -0.394 e. The highest BCUT2D eigenvalue weighted by Gasteiger charge is 2.23. The van der Waals surface area contributed by atoms with Gasteiger partial charge in [-0.25, -0.2) is 18.7 Å². The first-order valence-corrected chi connectivity index (χ1v) is 9.29. The van der Waals surface area contributed by atoms with Crippen molar-refractivity contribution in [1.29, 1.82) is 0 Å². The Balaban J connectivity index is 2.47. The molecule has 0 bridgehead atoms. The topological polar surface area (TPSA) is 112 Å². The molecule has 2 aromatic rings. The molecule has 2 aromatic carbocycles. The zero-order chi connectivity index (χ0) is 22.8. The molecule has 0 unspecified atom stereocenters. The Morgan fingerprint density at radius 1 is 1.13 bits per heavy atom. The molecule has 4 N–H and O–H groups in total. The fraction of sp³-hybridized carbons (Fsp3) is 0.300. The second-order valence-corrected chi connectivity index (χ2v) is 6.10. The molecule has 0 aliphatic rings. The van der Waals surface area contributed by atoms with E-state index in [1.165, 1.54) is 12.1 Å². The van der Waals surface area contributed by atoms with Gasteiger partial charge in [0.2, 0.25) is 0 Å². The van der Waals surface area contributed by atoms with Gasteiger partial charge in [-0.1, -0.05) is 18.1 Å². The van der Waals surface area contributed by atoms with E-state index in [0.717, 1.165) is 12.3 Å². The highest BCUT2D eigenvalue weighted by Crippen LogP contribution is 2.30. The molecule has 0 atom stereocenters. The van der Waals surface area contributed by atoms with E-state index in [-0.39, 0.29) is 25.5 Å². The number of benzene rings is 2. The number of aryl methyl sites for hydroxylation is 1. The Morgan fingerprint density at radius 3 is 2.52 bits per heavy atom. The van der Waals surface area contributed by atoms with Gasteiger partial charge in [-0.05, 0) is 30.2 Å². The van der Waals surface area contributed by atoms with Crippen LogP contribution >= 0.6 is 0 Å². The average molecular weight is 441 g/mol. The Kier molecular flexibility index (Phi) is 9.25. The molecule has 8 nitrogen and oxygen atoms in total. The molecule has 0 aliphatic heterocycles. The number of nitrogens with zero attached hydrogens (tertiary/aromatic N) is 1. The molecule has 0 saturated carbocycles. The van der Waals surface area contributed by atoms with E-state index in [4.69, 9.17) is 15.1 Å². The summed E-state index contributed by atoms with van der Waals surface area (Å²) in [5, 5.41) is 23.2. The summed E-state index contributed by atoms with van der Waals surface area (Å²) in [7, 11) is 0. The predicted octanol–water partition coefficient (Wildman–Crippen LogP) is 2.41. The maximum Gasteiger partial charge on any atom is 0.277 e. The molecule has 11 heteroatoms. The van der Waals surface area contributed by atoms with Gasteiger partial charge in [0.1, 0.15) is 12.4 Å². The summed E-state index contributed by atoms with van der Waals surface area (Å²) in [5.74, 6) is -4.52. The number of anilines is 2. The molecule has 1 amide bonds. The Bertz CT molecular complexity index is 941. The molecule has 0 radical (unpaired) electrons. The van der Waals surface area contributed by atoms with Gasteiger partial charge in [-0.2, -0.15) is 0 Å². The maximum atomic E-state index is 14.8. The number of carbonyl (C=O) groups excluding carboxylic acids is 1. The summed E-state index contributed by atoms with van der Waals surface area (Å²) >= 11 is 0. The third kappa shape index (κ3) is 6.41. The predicted molar refractivity (Wildman–Crippen MR) is 107 cm³/mol. The van der Waals surface area contributed by atoms with Gasteiger partial charge in [-0.3, -0.25) is 9.63 Å². The number of hydroxylamine groups is 1. The van der Waals surface area contributed by atoms with Gasteiger partial charge in [0.15, 0.2) is 11.6 Å². The van der Waals surface area contributed by atoms with E-state index in [9.17, 15) is 18.0 Å². The molecule has 2 rings (SSSR count). The van der Waals surface area contributed by atoms with Crippen LogP contribution in [0.25, 0.3) is 0 Å². The number of halogens is 3. The molecule has 168 valence electrons. The lowest BCUT2D eigenvalue weighted by Gasteiger charge is -2.16. The Labute approximate surface area is 176 Å². The van der Waals surface area contributed by atoms with E-state index < -0.39 is 46.8 Å². The van der Waals surface area contributed by atoms with Crippen LogP contribution in [0.2, 0.25) is 0 Å². The lowest BCUT2D eigenvalue weighted by molar-refractivity contribution is 0.0168. The quantitative estimate of drug-likeness (QED) is 0.242. The van der Waals surface area contributed by atoms with Crippen molar-refractivity contribution in [2.75, 3.05) is 31.7 Å². The van der Waals surface area contributed by atoms with Crippen LogP contribution in [0.15, 0.2) is 29.4 Å². The van der Waals surface area contributed by atoms with Crippen LogP contribution in [0.1, 0.15) is 28.4 Å². The summed E-state index contributed by atoms with van der Waals surface area (Å²) in [6.45, 7) is 0.689. The first-order valence-electron chi connectivity index (χ1n) is 9.29. The van der Waals surface area contributed by atoms with Gasteiger partial charge < -0.3 is 20.4 Å². The highest BCUT2D eigenvalue weighted by atomic mass is 19.2. The lowest BCUT2D eigenvalue weighted by Crippen LogP contribution is -2.26. The van der Waals surface area contributed by atoms with Crippen molar-refractivity contribution < 1.29 is 37.9 Å². The molecule has 0 aliphatic carbocycles.